The Bertz CT molecular complexity index is 391. The van der Waals surface area contributed by atoms with Crippen molar-refractivity contribution in [2.45, 2.75) is 26.3 Å². The summed E-state index contributed by atoms with van der Waals surface area (Å²) in [6.07, 6.45) is 0. The smallest absolute Gasteiger partial charge is 0.235 e. The molecule has 0 aromatic heterocycles. The Morgan fingerprint density at radius 3 is 2.71 bits per heavy atom. The van der Waals surface area contributed by atoms with Gasteiger partial charge in [0.1, 0.15) is 11.6 Å². The van der Waals surface area contributed by atoms with Crippen LogP contribution in [0.2, 0.25) is 0 Å². The fourth-order valence-corrected chi connectivity index (χ4v) is 1.60. The van der Waals surface area contributed by atoms with Gasteiger partial charge in [-0.15, -0.1) is 11.6 Å². The Hall–Kier alpha value is -1.22. The Morgan fingerprint density at radius 1 is 1.47 bits per heavy atom. The molecule has 1 amide bonds. The Balaban J connectivity index is 2.81. The summed E-state index contributed by atoms with van der Waals surface area (Å²) in [5, 5.41) is 2.72. The average molecular weight is 256 g/mol. The molecule has 0 radical (unpaired) electrons. The molecule has 0 saturated carbocycles. The van der Waals surface area contributed by atoms with Crippen molar-refractivity contribution in [2.24, 2.45) is 0 Å². The van der Waals surface area contributed by atoms with Crippen LogP contribution in [0.1, 0.15) is 30.9 Å². The van der Waals surface area contributed by atoms with Crippen molar-refractivity contribution >= 4 is 17.5 Å². The van der Waals surface area contributed by atoms with Crippen LogP contribution in [0.3, 0.4) is 0 Å². The minimum Gasteiger partial charge on any atom is -0.496 e. The monoisotopic (exact) mass is 255 g/mol. The topological polar surface area (TPSA) is 38.3 Å². The number of methoxy groups -OCH3 is 1. The fraction of sp³-hybridized carbons (Fsp3) is 0.462. The van der Waals surface area contributed by atoms with E-state index in [4.69, 9.17) is 16.3 Å². The first-order valence-electron chi connectivity index (χ1n) is 5.58. The van der Waals surface area contributed by atoms with E-state index in [2.05, 4.69) is 25.2 Å². The fourth-order valence-electron chi connectivity index (χ4n) is 1.51. The molecule has 1 aromatic carbocycles. The summed E-state index contributed by atoms with van der Waals surface area (Å²) in [6, 6.07) is 6.03. The minimum atomic E-state index is -0.179. The van der Waals surface area contributed by atoms with Crippen molar-refractivity contribution in [1.29, 1.82) is 0 Å². The lowest BCUT2D eigenvalue weighted by Crippen LogP contribution is -2.23. The lowest BCUT2D eigenvalue weighted by atomic mass is 10.0. The zero-order valence-corrected chi connectivity index (χ0v) is 11.2. The van der Waals surface area contributed by atoms with Gasteiger partial charge < -0.3 is 10.1 Å². The number of carbonyl (C=O) groups is 1. The van der Waals surface area contributed by atoms with Gasteiger partial charge in [0.2, 0.25) is 5.91 Å². The van der Waals surface area contributed by atoms with Crippen LogP contribution in [-0.2, 0) is 11.3 Å². The standard InChI is InChI=1S/C13H18ClNO2/c1-9(2)10-4-5-11(12(6-10)17-3)8-15-13(16)7-14/h4-6,9H,7-8H2,1-3H3,(H,15,16). The van der Waals surface area contributed by atoms with Crippen LogP contribution in [0.4, 0.5) is 0 Å². The molecule has 1 rings (SSSR count). The second-order valence-corrected chi connectivity index (χ2v) is 4.40. The highest BCUT2D eigenvalue weighted by atomic mass is 35.5. The van der Waals surface area contributed by atoms with Crippen molar-refractivity contribution in [3.63, 3.8) is 0 Å². The third-order valence-electron chi connectivity index (χ3n) is 2.58. The summed E-state index contributed by atoms with van der Waals surface area (Å²) in [5.74, 6) is 1.05. The molecule has 3 nitrogen and oxygen atoms in total. The van der Waals surface area contributed by atoms with Crippen LogP contribution < -0.4 is 10.1 Å². The molecular formula is C13H18ClNO2. The van der Waals surface area contributed by atoms with E-state index in [1.54, 1.807) is 7.11 Å². The highest BCUT2D eigenvalue weighted by molar-refractivity contribution is 6.27. The third kappa shape index (κ3) is 3.93. The average Bonchev–Trinajstić information content (AvgIpc) is 2.35. The summed E-state index contributed by atoms with van der Waals surface area (Å²) in [7, 11) is 1.63. The molecule has 0 aliphatic carbocycles. The maximum Gasteiger partial charge on any atom is 0.235 e. The number of halogens is 1. The van der Waals surface area contributed by atoms with Gasteiger partial charge in [0.05, 0.1) is 7.11 Å². The van der Waals surface area contributed by atoms with Crippen molar-refractivity contribution in [3.8, 4) is 5.75 Å². The van der Waals surface area contributed by atoms with E-state index in [-0.39, 0.29) is 11.8 Å². The number of ether oxygens (including phenoxy) is 1. The van der Waals surface area contributed by atoms with E-state index < -0.39 is 0 Å². The Labute approximate surface area is 107 Å². The first kappa shape index (κ1) is 13.8. The Morgan fingerprint density at radius 2 is 2.18 bits per heavy atom. The van der Waals surface area contributed by atoms with Gasteiger partial charge in [-0.2, -0.15) is 0 Å². The van der Waals surface area contributed by atoms with Crippen LogP contribution in [0, 0.1) is 0 Å². The summed E-state index contributed by atoms with van der Waals surface area (Å²) in [4.78, 5) is 11.1. The van der Waals surface area contributed by atoms with E-state index in [0.717, 1.165) is 11.3 Å². The van der Waals surface area contributed by atoms with E-state index in [0.29, 0.717) is 12.5 Å². The molecule has 0 spiro atoms. The summed E-state index contributed by atoms with van der Waals surface area (Å²) < 4.78 is 5.32. The van der Waals surface area contributed by atoms with E-state index in [9.17, 15) is 4.79 Å². The van der Waals surface area contributed by atoms with Crippen LogP contribution in [-0.4, -0.2) is 18.9 Å². The molecule has 1 N–H and O–H groups in total. The maximum absolute atomic E-state index is 11.1. The normalized spacial score (nSPS) is 10.4. The molecule has 0 bridgehead atoms. The number of hydrogen-bond acceptors (Lipinski definition) is 2. The van der Waals surface area contributed by atoms with Gasteiger partial charge in [0, 0.05) is 12.1 Å². The zero-order chi connectivity index (χ0) is 12.8. The lowest BCUT2D eigenvalue weighted by Gasteiger charge is -2.13. The molecule has 0 unspecified atom stereocenters. The van der Waals surface area contributed by atoms with Gasteiger partial charge >= 0.3 is 0 Å². The predicted octanol–water partition coefficient (Wildman–Crippen LogP) is 2.67. The molecule has 0 atom stereocenters. The van der Waals surface area contributed by atoms with Gasteiger partial charge in [0.25, 0.3) is 0 Å². The third-order valence-corrected chi connectivity index (χ3v) is 2.82. The molecule has 94 valence electrons. The number of amides is 1. The summed E-state index contributed by atoms with van der Waals surface area (Å²) in [5.41, 5.74) is 2.17. The van der Waals surface area contributed by atoms with Crippen molar-refractivity contribution in [3.05, 3.63) is 29.3 Å². The molecular weight excluding hydrogens is 238 g/mol. The molecule has 0 saturated heterocycles. The quantitative estimate of drug-likeness (QED) is 0.822. The highest BCUT2D eigenvalue weighted by Crippen LogP contribution is 2.24. The maximum atomic E-state index is 11.1. The van der Waals surface area contributed by atoms with Crippen molar-refractivity contribution in [2.75, 3.05) is 13.0 Å². The summed E-state index contributed by atoms with van der Waals surface area (Å²) >= 11 is 5.42. The summed E-state index contributed by atoms with van der Waals surface area (Å²) in [6.45, 7) is 4.69. The van der Waals surface area contributed by atoms with Crippen LogP contribution >= 0.6 is 11.6 Å². The molecule has 0 fully saturated rings. The second kappa shape index (κ2) is 6.50. The highest BCUT2D eigenvalue weighted by Gasteiger charge is 2.07. The number of rotatable bonds is 5. The number of hydrogen-bond donors (Lipinski definition) is 1. The SMILES string of the molecule is COc1cc(C(C)C)ccc1CNC(=O)CCl. The van der Waals surface area contributed by atoms with Gasteiger partial charge in [-0.1, -0.05) is 26.0 Å². The van der Waals surface area contributed by atoms with Crippen LogP contribution in [0.15, 0.2) is 18.2 Å². The molecule has 17 heavy (non-hydrogen) atoms. The first-order chi connectivity index (χ1) is 8.08. The van der Waals surface area contributed by atoms with Crippen LogP contribution in [0.5, 0.6) is 5.75 Å². The molecule has 0 aliphatic heterocycles. The van der Waals surface area contributed by atoms with E-state index in [1.165, 1.54) is 5.56 Å². The predicted molar refractivity (Wildman–Crippen MR) is 69.6 cm³/mol. The van der Waals surface area contributed by atoms with Crippen molar-refractivity contribution < 1.29 is 9.53 Å². The van der Waals surface area contributed by atoms with Crippen LogP contribution in [0.25, 0.3) is 0 Å². The molecule has 0 aliphatic rings. The number of benzene rings is 1. The molecule has 0 heterocycles. The van der Waals surface area contributed by atoms with Gasteiger partial charge in [-0.25, -0.2) is 0 Å². The van der Waals surface area contributed by atoms with E-state index in [1.807, 2.05) is 12.1 Å². The van der Waals surface area contributed by atoms with Gasteiger partial charge in [0.15, 0.2) is 0 Å². The zero-order valence-electron chi connectivity index (χ0n) is 10.4. The van der Waals surface area contributed by atoms with Gasteiger partial charge in [-0.05, 0) is 17.5 Å². The van der Waals surface area contributed by atoms with Gasteiger partial charge in [-0.3, -0.25) is 4.79 Å². The number of carbonyl (C=O) groups excluding carboxylic acids is 1. The second-order valence-electron chi connectivity index (χ2n) is 4.14. The number of alkyl halides is 1. The van der Waals surface area contributed by atoms with Crippen molar-refractivity contribution in [1.82, 2.24) is 5.32 Å². The molecule has 4 heteroatoms. The minimum absolute atomic E-state index is 0.0214. The van der Waals surface area contributed by atoms with E-state index >= 15 is 0 Å². The largest absolute Gasteiger partial charge is 0.496 e. The molecule has 1 aromatic rings. The first-order valence-corrected chi connectivity index (χ1v) is 6.11. The Kier molecular flexibility index (Phi) is 5.29. The lowest BCUT2D eigenvalue weighted by molar-refractivity contribution is -0.118. The number of nitrogens with one attached hydrogen (secondary N) is 1.